The Morgan fingerprint density at radius 1 is 1.37 bits per heavy atom. The first kappa shape index (κ1) is 15.1. The summed E-state index contributed by atoms with van der Waals surface area (Å²) in [6, 6.07) is 3.52. The van der Waals surface area contributed by atoms with Crippen LogP contribution in [0.4, 0.5) is 10.1 Å². The molecule has 0 aromatic heterocycles. The van der Waals surface area contributed by atoms with Crippen LogP contribution in [0.15, 0.2) is 18.2 Å². The normalized spacial score (nSPS) is 10.2. The van der Waals surface area contributed by atoms with Gasteiger partial charge in [-0.2, -0.15) is 0 Å². The molecule has 19 heavy (non-hydrogen) atoms. The van der Waals surface area contributed by atoms with Crippen molar-refractivity contribution in [2.24, 2.45) is 0 Å². The lowest BCUT2D eigenvalue weighted by molar-refractivity contribution is -0.121. The third-order valence-electron chi connectivity index (χ3n) is 2.17. The van der Waals surface area contributed by atoms with Crippen LogP contribution in [0.25, 0.3) is 0 Å². The van der Waals surface area contributed by atoms with Gasteiger partial charge in [0.25, 0.3) is 0 Å². The Bertz CT molecular complexity index is 463. The van der Waals surface area contributed by atoms with Crippen LogP contribution in [0.1, 0.15) is 10.4 Å². The molecule has 7 heteroatoms. The van der Waals surface area contributed by atoms with E-state index in [0.717, 1.165) is 6.07 Å². The Morgan fingerprint density at radius 2 is 2.11 bits per heavy atom. The third kappa shape index (κ3) is 4.65. The molecule has 0 aliphatic carbocycles. The van der Waals surface area contributed by atoms with E-state index in [-0.39, 0.29) is 24.5 Å². The molecule has 1 rings (SSSR count). The fourth-order valence-corrected chi connectivity index (χ4v) is 1.31. The summed E-state index contributed by atoms with van der Waals surface area (Å²) in [5.74, 6) is -2.77. The molecule has 0 aliphatic heterocycles. The topological polar surface area (TPSA) is 84.9 Å². The predicted molar refractivity (Wildman–Crippen MR) is 64.7 cm³/mol. The Hall–Kier alpha value is -1.99. The summed E-state index contributed by atoms with van der Waals surface area (Å²) in [4.78, 5) is 22.4. The van der Waals surface area contributed by atoms with E-state index in [2.05, 4.69) is 5.32 Å². The van der Waals surface area contributed by atoms with Gasteiger partial charge in [-0.15, -0.1) is 0 Å². The van der Waals surface area contributed by atoms with Crippen LogP contribution in [0.5, 0.6) is 0 Å². The van der Waals surface area contributed by atoms with Crippen LogP contribution in [0, 0.1) is 5.82 Å². The molecule has 0 saturated heterocycles. The number of nitrogens with one attached hydrogen (secondary N) is 1. The average molecular weight is 271 g/mol. The summed E-state index contributed by atoms with van der Waals surface area (Å²) in [6.45, 7) is 0.233. The van der Waals surface area contributed by atoms with Gasteiger partial charge in [-0.25, -0.2) is 9.18 Å². The van der Waals surface area contributed by atoms with Gasteiger partial charge in [0.1, 0.15) is 12.4 Å². The van der Waals surface area contributed by atoms with E-state index in [0.29, 0.717) is 6.61 Å². The minimum Gasteiger partial charge on any atom is -0.478 e. The highest BCUT2D eigenvalue weighted by Gasteiger charge is 2.16. The number of amides is 1. The maximum absolute atomic E-state index is 13.5. The van der Waals surface area contributed by atoms with Gasteiger partial charge in [0, 0.05) is 7.11 Å². The van der Waals surface area contributed by atoms with Crippen molar-refractivity contribution in [1.82, 2.24) is 0 Å². The Morgan fingerprint density at radius 3 is 2.74 bits per heavy atom. The van der Waals surface area contributed by atoms with Crippen LogP contribution in [0.3, 0.4) is 0 Å². The highest BCUT2D eigenvalue weighted by atomic mass is 19.1. The number of ether oxygens (including phenoxy) is 2. The molecule has 0 spiro atoms. The second-order valence-electron chi connectivity index (χ2n) is 3.56. The number of methoxy groups -OCH3 is 1. The molecular weight excluding hydrogens is 257 g/mol. The number of carbonyl (C=O) groups is 2. The number of benzene rings is 1. The van der Waals surface area contributed by atoms with E-state index < -0.39 is 17.7 Å². The molecule has 104 valence electrons. The molecule has 0 saturated carbocycles. The van der Waals surface area contributed by atoms with Gasteiger partial charge in [0.15, 0.2) is 0 Å². The highest BCUT2D eigenvalue weighted by Crippen LogP contribution is 2.19. The van der Waals surface area contributed by atoms with Gasteiger partial charge in [0.05, 0.1) is 24.5 Å². The number of carbonyl (C=O) groups excluding carboxylic acids is 1. The summed E-state index contributed by atoms with van der Waals surface area (Å²) >= 11 is 0. The van der Waals surface area contributed by atoms with Gasteiger partial charge in [-0.05, 0) is 12.1 Å². The number of hydrogen-bond donors (Lipinski definition) is 2. The van der Waals surface area contributed by atoms with Crippen molar-refractivity contribution in [1.29, 1.82) is 0 Å². The van der Waals surface area contributed by atoms with Gasteiger partial charge in [-0.1, -0.05) is 6.07 Å². The van der Waals surface area contributed by atoms with E-state index in [1.807, 2.05) is 0 Å². The largest absolute Gasteiger partial charge is 0.478 e. The number of aromatic carboxylic acids is 1. The molecule has 0 bridgehead atoms. The molecule has 0 unspecified atom stereocenters. The second kappa shape index (κ2) is 7.45. The number of hydrogen-bond acceptors (Lipinski definition) is 4. The zero-order valence-corrected chi connectivity index (χ0v) is 10.3. The lowest BCUT2D eigenvalue weighted by atomic mass is 10.1. The number of halogens is 1. The summed E-state index contributed by atoms with van der Waals surface area (Å²) < 4.78 is 23.1. The van der Waals surface area contributed by atoms with E-state index in [1.54, 1.807) is 0 Å². The first-order valence-electron chi connectivity index (χ1n) is 5.44. The lowest BCUT2D eigenvalue weighted by Gasteiger charge is -2.09. The maximum atomic E-state index is 13.5. The first-order chi connectivity index (χ1) is 9.06. The van der Waals surface area contributed by atoms with Crippen molar-refractivity contribution in [3.8, 4) is 0 Å². The first-order valence-corrected chi connectivity index (χ1v) is 5.44. The molecule has 0 fully saturated rings. The Balaban J connectivity index is 2.66. The molecule has 1 amide bonds. The molecule has 2 N–H and O–H groups in total. The van der Waals surface area contributed by atoms with E-state index in [4.69, 9.17) is 14.6 Å². The van der Waals surface area contributed by atoms with Crippen molar-refractivity contribution in [2.75, 3.05) is 32.2 Å². The molecule has 0 aliphatic rings. The van der Waals surface area contributed by atoms with Crippen LogP contribution in [-0.4, -0.2) is 43.9 Å². The van der Waals surface area contributed by atoms with Crippen molar-refractivity contribution in [3.63, 3.8) is 0 Å². The number of carboxylic acid groups (broad SMARTS) is 1. The fourth-order valence-electron chi connectivity index (χ4n) is 1.31. The molecule has 0 radical (unpaired) electrons. The van der Waals surface area contributed by atoms with Crippen LogP contribution in [-0.2, 0) is 14.3 Å². The van der Waals surface area contributed by atoms with Crippen LogP contribution < -0.4 is 5.32 Å². The van der Waals surface area contributed by atoms with E-state index in [9.17, 15) is 14.0 Å². The molecule has 1 aromatic rings. The SMILES string of the molecule is COCCOCC(=O)Nc1c(F)cccc1C(=O)O. The monoisotopic (exact) mass is 271 g/mol. The molecule has 6 nitrogen and oxygen atoms in total. The minimum absolute atomic E-state index is 0.215. The quantitative estimate of drug-likeness (QED) is 0.726. The van der Waals surface area contributed by atoms with Crippen molar-refractivity contribution in [2.45, 2.75) is 0 Å². The zero-order valence-electron chi connectivity index (χ0n) is 10.3. The third-order valence-corrected chi connectivity index (χ3v) is 2.17. The second-order valence-corrected chi connectivity index (χ2v) is 3.56. The molecule has 0 atom stereocenters. The van der Waals surface area contributed by atoms with E-state index >= 15 is 0 Å². The predicted octanol–water partition coefficient (Wildman–Crippen LogP) is 1.13. The highest BCUT2D eigenvalue weighted by molar-refractivity contribution is 6.01. The van der Waals surface area contributed by atoms with Gasteiger partial charge in [0.2, 0.25) is 5.91 Å². The average Bonchev–Trinajstić information content (AvgIpc) is 2.37. The van der Waals surface area contributed by atoms with Crippen LogP contribution in [0.2, 0.25) is 0 Å². The summed E-state index contributed by atoms with van der Waals surface area (Å²) in [5, 5.41) is 11.1. The molecular formula is C12H14FNO5. The smallest absolute Gasteiger partial charge is 0.337 e. The minimum atomic E-state index is -1.32. The molecule has 0 heterocycles. The van der Waals surface area contributed by atoms with Crippen molar-refractivity contribution < 1.29 is 28.6 Å². The van der Waals surface area contributed by atoms with Gasteiger partial charge >= 0.3 is 5.97 Å². The number of rotatable bonds is 7. The Kier molecular flexibility index (Phi) is 5.91. The lowest BCUT2D eigenvalue weighted by Crippen LogP contribution is -2.21. The standard InChI is InChI=1S/C12H14FNO5/c1-18-5-6-19-7-10(15)14-11-8(12(16)17)3-2-4-9(11)13/h2-4H,5-7H2,1H3,(H,14,15)(H,16,17). The van der Waals surface area contributed by atoms with E-state index in [1.165, 1.54) is 19.2 Å². The fraction of sp³-hybridized carbons (Fsp3) is 0.333. The molecule has 1 aromatic carbocycles. The maximum Gasteiger partial charge on any atom is 0.337 e. The summed E-state index contributed by atoms with van der Waals surface area (Å²) in [7, 11) is 1.49. The van der Waals surface area contributed by atoms with Crippen molar-refractivity contribution >= 4 is 17.6 Å². The number of para-hydroxylation sites is 1. The van der Waals surface area contributed by atoms with Crippen LogP contribution >= 0.6 is 0 Å². The van der Waals surface area contributed by atoms with Crippen molar-refractivity contribution in [3.05, 3.63) is 29.6 Å². The van der Waals surface area contributed by atoms with Gasteiger partial charge in [-0.3, -0.25) is 4.79 Å². The zero-order chi connectivity index (χ0) is 14.3. The number of carboxylic acids is 1. The number of anilines is 1. The van der Waals surface area contributed by atoms with Gasteiger partial charge < -0.3 is 19.9 Å². The Labute approximate surface area is 109 Å². The summed E-state index contributed by atoms with van der Waals surface area (Å²) in [6.07, 6.45) is 0. The summed E-state index contributed by atoms with van der Waals surface area (Å²) in [5.41, 5.74) is -0.680.